The van der Waals surface area contributed by atoms with Crippen molar-refractivity contribution in [1.29, 1.82) is 0 Å². The van der Waals surface area contributed by atoms with Crippen molar-refractivity contribution in [3.63, 3.8) is 0 Å². The van der Waals surface area contributed by atoms with Gasteiger partial charge in [0.05, 0.1) is 26.3 Å². The summed E-state index contributed by atoms with van der Waals surface area (Å²) in [4.78, 5) is 13.4. The SMILES string of the molecule is COc1cc(C(C)(C)CC(=O)O)c(OC)cc1N1CCCC1. The summed E-state index contributed by atoms with van der Waals surface area (Å²) in [5.74, 6) is 0.666. The van der Waals surface area contributed by atoms with Crippen molar-refractivity contribution in [2.75, 3.05) is 32.2 Å². The molecule has 5 nitrogen and oxygen atoms in total. The quantitative estimate of drug-likeness (QED) is 0.875. The fourth-order valence-electron chi connectivity index (χ4n) is 3.09. The Kier molecular flexibility index (Phi) is 4.84. The molecule has 122 valence electrons. The Morgan fingerprint density at radius 2 is 1.77 bits per heavy atom. The predicted molar refractivity (Wildman–Crippen MR) is 86.3 cm³/mol. The zero-order valence-corrected chi connectivity index (χ0v) is 13.8. The van der Waals surface area contributed by atoms with Gasteiger partial charge in [-0.1, -0.05) is 13.8 Å². The number of benzene rings is 1. The van der Waals surface area contributed by atoms with Crippen LogP contribution >= 0.6 is 0 Å². The highest BCUT2D eigenvalue weighted by Gasteiger charge is 2.30. The van der Waals surface area contributed by atoms with E-state index < -0.39 is 11.4 Å². The van der Waals surface area contributed by atoms with Gasteiger partial charge in [-0.05, 0) is 18.9 Å². The molecule has 5 heteroatoms. The molecule has 1 aliphatic heterocycles. The van der Waals surface area contributed by atoms with Crippen LogP contribution in [-0.4, -0.2) is 38.4 Å². The van der Waals surface area contributed by atoms with Crippen LogP contribution in [0.2, 0.25) is 0 Å². The maximum atomic E-state index is 11.1. The van der Waals surface area contributed by atoms with E-state index in [2.05, 4.69) is 4.90 Å². The smallest absolute Gasteiger partial charge is 0.304 e. The average molecular weight is 307 g/mol. The van der Waals surface area contributed by atoms with Gasteiger partial charge in [0, 0.05) is 30.1 Å². The minimum absolute atomic E-state index is 0.0373. The first-order valence-corrected chi connectivity index (χ1v) is 7.62. The number of carboxylic acid groups (broad SMARTS) is 1. The molecule has 1 aromatic carbocycles. The number of carbonyl (C=O) groups is 1. The molecule has 0 radical (unpaired) electrons. The van der Waals surface area contributed by atoms with Gasteiger partial charge in [-0.3, -0.25) is 4.79 Å². The third kappa shape index (κ3) is 3.29. The lowest BCUT2D eigenvalue weighted by atomic mass is 9.80. The van der Waals surface area contributed by atoms with Crippen LogP contribution in [0.3, 0.4) is 0 Å². The predicted octanol–water partition coefficient (Wildman–Crippen LogP) is 3.06. The third-order valence-electron chi connectivity index (χ3n) is 4.27. The summed E-state index contributed by atoms with van der Waals surface area (Å²) in [7, 11) is 3.27. The molecular weight excluding hydrogens is 282 g/mol. The first-order chi connectivity index (χ1) is 10.4. The van der Waals surface area contributed by atoms with Gasteiger partial charge in [-0.2, -0.15) is 0 Å². The highest BCUT2D eigenvalue weighted by atomic mass is 16.5. The zero-order valence-electron chi connectivity index (χ0n) is 13.8. The second-order valence-electron chi connectivity index (χ2n) is 6.37. The lowest BCUT2D eigenvalue weighted by Crippen LogP contribution is -2.24. The molecule has 1 fully saturated rings. The lowest BCUT2D eigenvalue weighted by molar-refractivity contribution is -0.138. The summed E-state index contributed by atoms with van der Waals surface area (Å²) in [6.07, 6.45) is 2.39. The maximum Gasteiger partial charge on any atom is 0.304 e. The Bertz CT molecular complexity index is 548. The van der Waals surface area contributed by atoms with E-state index in [1.165, 1.54) is 12.8 Å². The topological polar surface area (TPSA) is 59.0 Å². The van der Waals surface area contributed by atoms with Crippen molar-refractivity contribution in [2.45, 2.75) is 38.5 Å². The summed E-state index contributed by atoms with van der Waals surface area (Å²) in [6.45, 7) is 5.84. The van der Waals surface area contributed by atoms with Crippen LogP contribution in [0.4, 0.5) is 5.69 Å². The molecule has 0 unspecified atom stereocenters. The van der Waals surface area contributed by atoms with E-state index in [0.717, 1.165) is 30.1 Å². The Hall–Kier alpha value is -1.91. The summed E-state index contributed by atoms with van der Waals surface area (Å²) < 4.78 is 11.1. The van der Waals surface area contributed by atoms with Crippen molar-refractivity contribution in [2.24, 2.45) is 0 Å². The van der Waals surface area contributed by atoms with E-state index in [-0.39, 0.29) is 6.42 Å². The van der Waals surface area contributed by atoms with Gasteiger partial charge < -0.3 is 19.5 Å². The van der Waals surface area contributed by atoms with Crippen LogP contribution in [0.5, 0.6) is 11.5 Å². The summed E-state index contributed by atoms with van der Waals surface area (Å²) in [5.41, 5.74) is 1.34. The number of nitrogens with zero attached hydrogens (tertiary/aromatic N) is 1. The normalized spacial score (nSPS) is 15.0. The van der Waals surface area contributed by atoms with E-state index in [1.54, 1.807) is 14.2 Å². The van der Waals surface area contributed by atoms with Gasteiger partial charge >= 0.3 is 5.97 Å². The first kappa shape index (κ1) is 16.5. The molecule has 0 atom stereocenters. The van der Waals surface area contributed by atoms with E-state index in [0.29, 0.717) is 5.75 Å². The zero-order chi connectivity index (χ0) is 16.3. The number of carboxylic acids is 1. The van der Waals surface area contributed by atoms with Gasteiger partial charge in [0.15, 0.2) is 0 Å². The number of ether oxygens (including phenoxy) is 2. The van der Waals surface area contributed by atoms with Crippen molar-refractivity contribution >= 4 is 11.7 Å². The molecule has 1 saturated heterocycles. The van der Waals surface area contributed by atoms with Crippen molar-refractivity contribution in [3.8, 4) is 11.5 Å². The molecule has 22 heavy (non-hydrogen) atoms. The van der Waals surface area contributed by atoms with Crippen molar-refractivity contribution in [1.82, 2.24) is 0 Å². The van der Waals surface area contributed by atoms with Crippen LogP contribution in [0.1, 0.15) is 38.7 Å². The van der Waals surface area contributed by atoms with Crippen LogP contribution in [-0.2, 0) is 10.2 Å². The van der Waals surface area contributed by atoms with Gasteiger partial charge in [-0.25, -0.2) is 0 Å². The molecule has 2 rings (SSSR count). The lowest BCUT2D eigenvalue weighted by Gasteiger charge is -2.29. The minimum Gasteiger partial charge on any atom is -0.496 e. The fraction of sp³-hybridized carbons (Fsp3) is 0.588. The molecule has 0 spiro atoms. The van der Waals surface area contributed by atoms with Crippen LogP contribution < -0.4 is 14.4 Å². The van der Waals surface area contributed by atoms with E-state index in [9.17, 15) is 4.79 Å². The number of aliphatic carboxylic acids is 1. The van der Waals surface area contributed by atoms with Crippen LogP contribution in [0, 0.1) is 0 Å². The Labute approximate surface area is 131 Å². The Morgan fingerprint density at radius 3 is 2.27 bits per heavy atom. The molecule has 0 aromatic heterocycles. The van der Waals surface area contributed by atoms with E-state index >= 15 is 0 Å². The number of rotatable bonds is 6. The van der Waals surface area contributed by atoms with Crippen molar-refractivity contribution in [3.05, 3.63) is 17.7 Å². The van der Waals surface area contributed by atoms with Crippen LogP contribution in [0.25, 0.3) is 0 Å². The molecule has 1 heterocycles. The number of anilines is 1. The average Bonchev–Trinajstić information content (AvgIpc) is 2.98. The summed E-state index contributed by atoms with van der Waals surface area (Å²) >= 11 is 0. The molecular formula is C17H25NO4. The van der Waals surface area contributed by atoms with Crippen LogP contribution in [0.15, 0.2) is 12.1 Å². The summed E-state index contributed by atoms with van der Waals surface area (Å²) in [5, 5.41) is 9.15. The van der Waals surface area contributed by atoms with Crippen molar-refractivity contribution < 1.29 is 19.4 Å². The number of hydrogen-bond donors (Lipinski definition) is 1. The first-order valence-electron chi connectivity index (χ1n) is 7.62. The highest BCUT2D eigenvalue weighted by Crippen LogP contribution is 2.42. The molecule has 1 N–H and O–H groups in total. The molecule has 0 amide bonds. The van der Waals surface area contributed by atoms with E-state index in [1.807, 2.05) is 26.0 Å². The fourth-order valence-corrected chi connectivity index (χ4v) is 3.09. The summed E-state index contributed by atoms with van der Waals surface area (Å²) in [6, 6.07) is 3.90. The largest absolute Gasteiger partial charge is 0.496 e. The molecule has 0 bridgehead atoms. The number of methoxy groups -OCH3 is 2. The van der Waals surface area contributed by atoms with E-state index in [4.69, 9.17) is 14.6 Å². The third-order valence-corrected chi connectivity index (χ3v) is 4.27. The Balaban J connectivity index is 2.48. The Morgan fingerprint density at radius 1 is 1.18 bits per heavy atom. The second kappa shape index (κ2) is 6.46. The monoisotopic (exact) mass is 307 g/mol. The van der Waals surface area contributed by atoms with Gasteiger partial charge in [0.2, 0.25) is 0 Å². The maximum absolute atomic E-state index is 11.1. The molecule has 1 aliphatic rings. The standard InChI is InChI=1S/C17H25NO4/c1-17(2,11-16(19)20)12-9-15(22-4)13(10-14(12)21-3)18-7-5-6-8-18/h9-10H,5-8,11H2,1-4H3,(H,19,20). The van der Waals surface area contributed by atoms with Gasteiger partial charge in [0.1, 0.15) is 11.5 Å². The minimum atomic E-state index is -0.824. The highest BCUT2D eigenvalue weighted by molar-refractivity contribution is 5.71. The van der Waals surface area contributed by atoms with Gasteiger partial charge in [-0.15, -0.1) is 0 Å². The molecule has 1 aromatic rings. The van der Waals surface area contributed by atoms with Gasteiger partial charge in [0.25, 0.3) is 0 Å². The number of hydrogen-bond acceptors (Lipinski definition) is 4. The second-order valence-corrected chi connectivity index (χ2v) is 6.37. The molecule has 0 aliphatic carbocycles. The molecule has 0 saturated carbocycles.